The van der Waals surface area contributed by atoms with Crippen LogP contribution < -0.4 is 5.32 Å². The summed E-state index contributed by atoms with van der Waals surface area (Å²) >= 11 is 7.47. The lowest BCUT2D eigenvalue weighted by molar-refractivity contribution is -0.121. The lowest BCUT2D eigenvalue weighted by atomic mass is 10.1. The molecule has 0 saturated heterocycles. The van der Waals surface area contributed by atoms with E-state index in [9.17, 15) is 13.2 Å². The molecule has 0 aromatic heterocycles. The molecule has 0 aliphatic rings. The number of hydrogen-bond acceptors (Lipinski definition) is 4. The summed E-state index contributed by atoms with van der Waals surface area (Å²) in [5.41, 5.74) is 0.963. The van der Waals surface area contributed by atoms with E-state index >= 15 is 0 Å². The van der Waals surface area contributed by atoms with Crippen molar-refractivity contribution in [2.45, 2.75) is 29.7 Å². The van der Waals surface area contributed by atoms with Crippen LogP contribution in [0, 0.1) is 0 Å². The number of benzene rings is 2. The summed E-state index contributed by atoms with van der Waals surface area (Å²) in [5, 5.41) is 3.31. The van der Waals surface area contributed by atoms with E-state index in [4.69, 9.17) is 11.6 Å². The first-order chi connectivity index (χ1) is 12.8. The van der Waals surface area contributed by atoms with Crippen LogP contribution in [0.5, 0.6) is 0 Å². The minimum Gasteiger partial charge on any atom is -0.348 e. The maximum absolute atomic E-state index is 12.7. The highest BCUT2D eigenvalue weighted by Crippen LogP contribution is 2.20. The number of amides is 1. The molecule has 0 bridgehead atoms. The largest absolute Gasteiger partial charge is 0.348 e. The first-order valence-corrected chi connectivity index (χ1v) is 11.5. The molecule has 0 unspecified atom stereocenters. The molecule has 0 spiro atoms. The Morgan fingerprint density at radius 1 is 1.15 bits per heavy atom. The summed E-state index contributed by atoms with van der Waals surface area (Å²) in [7, 11) is -3.76. The fourth-order valence-corrected chi connectivity index (χ4v) is 4.49. The van der Waals surface area contributed by atoms with E-state index < -0.39 is 10.0 Å². The van der Waals surface area contributed by atoms with E-state index in [0.717, 1.165) is 14.8 Å². The molecule has 146 valence electrons. The van der Waals surface area contributed by atoms with Gasteiger partial charge in [-0.15, -0.1) is 11.8 Å². The molecule has 8 heteroatoms. The minimum atomic E-state index is -3.76. The molecule has 0 fully saturated rings. The Morgan fingerprint density at radius 3 is 2.26 bits per heavy atom. The molecule has 0 radical (unpaired) electrons. The predicted molar refractivity (Wildman–Crippen MR) is 111 cm³/mol. The Balaban J connectivity index is 2.06. The summed E-state index contributed by atoms with van der Waals surface area (Å²) in [5.74, 6) is -0.351. The molecule has 1 atom stereocenters. The van der Waals surface area contributed by atoms with Crippen LogP contribution in [0.1, 0.15) is 25.5 Å². The molecule has 5 nitrogen and oxygen atoms in total. The zero-order chi connectivity index (χ0) is 20.0. The summed E-state index contributed by atoms with van der Waals surface area (Å²) in [6, 6.07) is 13.6. The van der Waals surface area contributed by atoms with Crippen LogP contribution in [0.15, 0.2) is 58.3 Å². The van der Waals surface area contributed by atoms with E-state index in [1.54, 1.807) is 18.7 Å². The number of thioether (sulfide) groups is 1. The second-order valence-electron chi connectivity index (χ2n) is 5.95. The first kappa shape index (κ1) is 21.8. The van der Waals surface area contributed by atoms with Crippen molar-refractivity contribution in [3.8, 4) is 0 Å². The molecule has 1 N–H and O–H groups in total. The van der Waals surface area contributed by atoms with E-state index in [0.29, 0.717) is 5.02 Å². The highest BCUT2D eigenvalue weighted by atomic mass is 35.5. The third-order valence-corrected chi connectivity index (χ3v) is 7.05. The summed E-state index contributed by atoms with van der Waals surface area (Å²) in [6.07, 6.45) is 2.00. The van der Waals surface area contributed by atoms with Crippen molar-refractivity contribution >= 4 is 39.3 Å². The van der Waals surface area contributed by atoms with Crippen molar-refractivity contribution in [2.24, 2.45) is 0 Å². The zero-order valence-electron chi connectivity index (χ0n) is 15.5. The number of carbonyl (C=O) groups is 1. The van der Waals surface area contributed by atoms with Gasteiger partial charge in [0.05, 0.1) is 17.5 Å². The molecule has 0 aliphatic carbocycles. The van der Waals surface area contributed by atoms with Crippen molar-refractivity contribution in [1.82, 2.24) is 9.62 Å². The van der Waals surface area contributed by atoms with Crippen molar-refractivity contribution < 1.29 is 13.2 Å². The van der Waals surface area contributed by atoms with Gasteiger partial charge in [-0.3, -0.25) is 4.79 Å². The Labute approximate surface area is 170 Å². The van der Waals surface area contributed by atoms with Crippen LogP contribution in [0.25, 0.3) is 0 Å². The number of nitrogens with one attached hydrogen (secondary N) is 1. The Morgan fingerprint density at radius 2 is 1.74 bits per heavy atom. The summed E-state index contributed by atoms with van der Waals surface area (Å²) in [4.78, 5) is 13.7. The predicted octanol–water partition coefficient (Wildman–Crippen LogP) is 3.95. The Kier molecular flexibility index (Phi) is 7.73. The van der Waals surface area contributed by atoms with Gasteiger partial charge in [-0.2, -0.15) is 4.31 Å². The number of likely N-dealkylation sites (N-methyl/N-ethyl adjacent to an activating group) is 1. The van der Waals surface area contributed by atoms with Gasteiger partial charge >= 0.3 is 0 Å². The number of sulfonamides is 1. The van der Waals surface area contributed by atoms with Crippen molar-refractivity contribution in [1.29, 1.82) is 0 Å². The van der Waals surface area contributed by atoms with Crippen LogP contribution in [-0.4, -0.2) is 38.0 Å². The van der Waals surface area contributed by atoms with Crippen LogP contribution in [0.2, 0.25) is 5.02 Å². The number of carbonyl (C=O) groups excluding carboxylic acids is 1. The maximum atomic E-state index is 12.7. The van der Waals surface area contributed by atoms with Crippen LogP contribution in [0.4, 0.5) is 0 Å². The lowest BCUT2D eigenvalue weighted by Crippen LogP contribution is -2.41. The maximum Gasteiger partial charge on any atom is 0.243 e. The third kappa shape index (κ3) is 5.72. The molecular formula is C19H23ClN2O3S2. The second kappa shape index (κ2) is 9.59. The van der Waals surface area contributed by atoms with Crippen molar-refractivity contribution in [3.63, 3.8) is 0 Å². The molecule has 27 heavy (non-hydrogen) atoms. The highest BCUT2D eigenvalue weighted by Gasteiger charge is 2.25. The first-order valence-electron chi connectivity index (χ1n) is 8.47. The molecule has 0 saturated carbocycles. The van der Waals surface area contributed by atoms with Gasteiger partial charge in [0.15, 0.2) is 0 Å². The van der Waals surface area contributed by atoms with Gasteiger partial charge in [0, 0.05) is 16.5 Å². The van der Waals surface area contributed by atoms with Crippen molar-refractivity contribution in [3.05, 3.63) is 59.1 Å². The van der Waals surface area contributed by atoms with Gasteiger partial charge in [-0.1, -0.05) is 30.7 Å². The van der Waals surface area contributed by atoms with Gasteiger partial charge in [0.1, 0.15) is 0 Å². The minimum absolute atomic E-state index is 0.113. The fraction of sp³-hybridized carbons (Fsp3) is 0.316. The van der Waals surface area contributed by atoms with Crippen molar-refractivity contribution in [2.75, 3.05) is 19.3 Å². The molecule has 2 aromatic rings. The van der Waals surface area contributed by atoms with Gasteiger partial charge in [0.25, 0.3) is 0 Å². The Hall–Kier alpha value is -1.54. The number of halogens is 1. The molecule has 1 amide bonds. The molecule has 2 rings (SSSR count). The second-order valence-corrected chi connectivity index (χ2v) is 9.20. The SMILES string of the molecule is CCN(CC(=O)N[C@H](C)c1ccc(SC)cc1)S(=O)(=O)c1ccc(Cl)cc1. The molecule has 2 aromatic carbocycles. The van der Waals surface area contributed by atoms with Gasteiger partial charge < -0.3 is 5.32 Å². The van der Waals surface area contributed by atoms with Gasteiger partial charge in [-0.25, -0.2) is 8.42 Å². The smallest absolute Gasteiger partial charge is 0.243 e. The topological polar surface area (TPSA) is 66.5 Å². The van der Waals surface area contributed by atoms with Crippen LogP contribution in [-0.2, 0) is 14.8 Å². The number of hydrogen-bond donors (Lipinski definition) is 1. The highest BCUT2D eigenvalue weighted by molar-refractivity contribution is 7.98. The third-order valence-electron chi connectivity index (χ3n) is 4.12. The van der Waals surface area contributed by atoms with E-state index in [-0.39, 0.29) is 29.9 Å². The van der Waals surface area contributed by atoms with E-state index in [1.807, 2.05) is 37.4 Å². The molecular weight excluding hydrogens is 404 g/mol. The normalized spacial score (nSPS) is 12.8. The van der Waals surface area contributed by atoms with Gasteiger partial charge in [-0.05, 0) is 55.1 Å². The number of rotatable bonds is 8. The van der Waals surface area contributed by atoms with Crippen LogP contribution in [0.3, 0.4) is 0 Å². The standard InChI is InChI=1S/C19H23ClN2O3S2/c1-4-22(27(24,25)18-11-7-16(20)8-12-18)13-19(23)21-14(2)15-5-9-17(26-3)10-6-15/h5-12,14H,4,13H2,1-3H3,(H,21,23)/t14-/m1/s1. The monoisotopic (exact) mass is 426 g/mol. The van der Waals surface area contributed by atoms with E-state index in [2.05, 4.69) is 5.32 Å². The lowest BCUT2D eigenvalue weighted by Gasteiger charge is -2.22. The number of nitrogens with zero attached hydrogens (tertiary/aromatic N) is 1. The summed E-state index contributed by atoms with van der Waals surface area (Å²) in [6.45, 7) is 3.52. The van der Waals surface area contributed by atoms with E-state index in [1.165, 1.54) is 24.3 Å². The molecule has 0 aliphatic heterocycles. The van der Waals surface area contributed by atoms with Gasteiger partial charge in [0.2, 0.25) is 15.9 Å². The average Bonchev–Trinajstić information content (AvgIpc) is 2.66. The Bertz CT molecular complexity index is 869. The average molecular weight is 427 g/mol. The van der Waals surface area contributed by atoms with Crippen LogP contribution >= 0.6 is 23.4 Å². The summed E-state index contributed by atoms with van der Waals surface area (Å²) < 4.78 is 26.6. The quantitative estimate of drug-likeness (QED) is 0.649. The fourth-order valence-electron chi connectivity index (χ4n) is 2.55. The molecule has 0 heterocycles. The zero-order valence-corrected chi connectivity index (χ0v) is 17.9.